The molecule has 84 valence electrons. The predicted molar refractivity (Wildman–Crippen MR) is 60.2 cm³/mol. The van der Waals surface area contributed by atoms with Crippen LogP contribution in [0.5, 0.6) is 0 Å². The molecule has 0 aliphatic heterocycles. The van der Waals surface area contributed by atoms with E-state index < -0.39 is 0 Å². The molecular weight excluding hydrogens is 176 g/mol. The van der Waals surface area contributed by atoms with Crippen LogP contribution in [0.2, 0.25) is 0 Å². The third kappa shape index (κ3) is 6.89. The molecule has 1 amide bonds. The molecule has 0 spiro atoms. The van der Waals surface area contributed by atoms with Crippen molar-refractivity contribution in [3.8, 4) is 0 Å². The van der Waals surface area contributed by atoms with Crippen molar-refractivity contribution < 1.29 is 4.79 Å². The summed E-state index contributed by atoms with van der Waals surface area (Å²) >= 11 is 0. The summed E-state index contributed by atoms with van der Waals surface area (Å²) in [5, 5.41) is 3.04. The maximum Gasteiger partial charge on any atom is 0.220 e. The van der Waals surface area contributed by atoms with Gasteiger partial charge in [0, 0.05) is 18.5 Å². The van der Waals surface area contributed by atoms with Gasteiger partial charge in [-0.3, -0.25) is 4.79 Å². The van der Waals surface area contributed by atoms with Crippen molar-refractivity contribution in [2.45, 2.75) is 39.7 Å². The van der Waals surface area contributed by atoms with Gasteiger partial charge in [-0.15, -0.1) is 0 Å². The average molecular weight is 200 g/mol. The van der Waals surface area contributed by atoms with Crippen LogP contribution in [-0.2, 0) is 4.79 Å². The Morgan fingerprint density at radius 3 is 2.21 bits per heavy atom. The lowest BCUT2D eigenvalue weighted by atomic mass is 10.0. The quantitative estimate of drug-likeness (QED) is 0.729. The summed E-state index contributed by atoms with van der Waals surface area (Å²) in [6, 6.07) is 0. The molecule has 0 aliphatic carbocycles. The van der Waals surface area contributed by atoms with Crippen LogP contribution in [0.25, 0.3) is 0 Å². The number of amides is 1. The summed E-state index contributed by atoms with van der Waals surface area (Å²) in [7, 11) is 4.02. The Labute approximate surface area is 87.9 Å². The zero-order valence-corrected chi connectivity index (χ0v) is 10.3. The molecular formula is C11H24N2O. The second-order valence-corrected chi connectivity index (χ2v) is 5.27. The first-order chi connectivity index (χ1) is 6.23. The molecule has 0 radical (unpaired) electrons. The van der Waals surface area contributed by atoms with Crippen LogP contribution in [0.4, 0.5) is 0 Å². The van der Waals surface area contributed by atoms with Gasteiger partial charge in [0.2, 0.25) is 5.91 Å². The highest BCUT2D eigenvalue weighted by molar-refractivity contribution is 5.76. The largest absolute Gasteiger partial charge is 0.350 e. The molecule has 0 fully saturated rings. The summed E-state index contributed by atoms with van der Waals surface area (Å²) in [6.07, 6.45) is 0.608. The zero-order valence-electron chi connectivity index (χ0n) is 10.3. The van der Waals surface area contributed by atoms with Crippen LogP contribution in [0.3, 0.4) is 0 Å². The monoisotopic (exact) mass is 200 g/mol. The lowest BCUT2D eigenvalue weighted by Crippen LogP contribution is -2.50. The SMILES string of the molecule is CC(C)CC(=O)NC(C)(C)CN(C)C. The van der Waals surface area contributed by atoms with E-state index in [-0.39, 0.29) is 11.4 Å². The zero-order chi connectivity index (χ0) is 11.4. The Morgan fingerprint density at radius 1 is 1.36 bits per heavy atom. The maximum atomic E-state index is 11.5. The van der Waals surface area contributed by atoms with Gasteiger partial charge in [0.1, 0.15) is 0 Å². The number of carbonyl (C=O) groups excluding carboxylic acids is 1. The van der Waals surface area contributed by atoms with E-state index in [4.69, 9.17) is 0 Å². The molecule has 0 bridgehead atoms. The standard InChI is InChI=1S/C11H24N2O/c1-9(2)7-10(14)12-11(3,4)8-13(5)6/h9H,7-8H2,1-6H3,(H,12,14). The highest BCUT2D eigenvalue weighted by atomic mass is 16.1. The summed E-state index contributed by atoms with van der Waals surface area (Å²) < 4.78 is 0. The normalized spacial score (nSPS) is 12.3. The van der Waals surface area contributed by atoms with Gasteiger partial charge in [-0.25, -0.2) is 0 Å². The van der Waals surface area contributed by atoms with E-state index in [1.807, 2.05) is 27.9 Å². The van der Waals surface area contributed by atoms with Gasteiger partial charge in [0.15, 0.2) is 0 Å². The summed E-state index contributed by atoms with van der Waals surface area (Å²) in [5.41, 5.74) is -0.143. The number of hydrogen-bond donors (Lipinski definition) is 1. The highest BCUT2D eigenvalue weighted by Crippen LogP contribution is 2.06. The topological polar surface area (TPSA) is 32.3 Å². The Balaban J connectivity index is 4.01. The van der Waals surface area contributed by atoms with E-state index in [9.17, 15) is 4.79 Å². The smallest absolute Gasteiger partial charge is 0.220 e. The molecule has 3 heteroatoms. The van der Waals surface area contributed by atoms with E-state index >= 15 is 0 Å². The first kappa shape index (κ1) is 13.4. The second-order valence-electron chi connectivity index (χ2n) is 5.27. The third-order valence-electron chi connectivity index (χ3n) is 1.78. The number of rotatable bonds is 5. The van der Waals surface area contributed by atoms with Crippen molar-refractivity contribution in [1.29, 1.82) is 0 Å². The van der Waals surface area contributed by atoms with Crippen LogP contribution in [0.15, 0.2) is 0 Å². The van der Waals surface area contributed by atoms with Crippen LogP contribution in [0, 0.1) is 5.92 Å². The summed E-state index contributed by atoms with van der Waals surface area (Å²) in [5.74, 6) is 0.567. The molecule has 0 aromatic carbocycles. The van der Waals surface area contributed by atoms with Crippen LogP contribution >= 0.6 is 0 Å². The van der Waals surface area contributed by atoms with Crippen molar-refractivity contribution in [2.24, 2.45) is 5.92 Å². The lowest BCUT2D eigenvalue weighted by Gasteiger charge is -2.29. The molecule has 14 heavy (non-hydrogen) atoms. The van der Waals surface area contributed by atoms with Gasteiger partial charge in [-0.05, 0) is 33.9 Å². The Bertz CT molecular complexity index is 186. The number of nitrogens with one attached hydrogen (secondary N) is 1. The van der Waals surface area contributed by atoms with Crippen molar-refractivity contribution in [1.82, 2.24) is 10.2 Å². The van der Waals surface area contributed by atoms with Crippen molar-refractivity contribution >= 4 is 5.91 Å². The minimum Gasteiger partial charge on any atom is -0.350 e. The van der Waals surface area contributed by atoms with E-state index in [0.717, 1.165) is 6.54 Å². The predicted octanol–water partition coefficient (Wildman–Crippen LogP) is 1.49. The molecule has 0 saturated carbocycles. The Kier molecular flexibility index (Phi) is 5.13. The fourth-order valence-electron chi connectivity index (χ4n) is 1.63. The first-order valence-corrected chi connectivity index (χ1v) is 5.18. The number of carbonyl (C=O) groups is 1. The molecule has 3 nitrogen and oxygen atoms in total. The van der Waals surface area contributed by atoms with Gasteiger partial charge >= 0.3 is 0 Å². The Hall–Kier alpha value is -0.570. The fraction of sp³-hybridized carbons (Fsp3) is 0.909. The molecule has 0 atom stereocenters. The lowest BCUT2D eigenvalue weighted by molar-refractivity contribution is -0.123. The number of hydrogen-bond acceptors (Lipinski definition) is 2. The van der Waals surface area contributed by atoms with Crippen LogP contribution in [-0.4, -0.2) is 37.0 Å². The van der Waals surface area contributed by atoms with E-state index in [2.05, 4.69) is 24.1 Å². The average Bonchev–Trinajstić information content (AvgIpc) is 1.77. The molecule has 0 aromatic heterocycles. The fourth-order valence-corrected chi connectivity index (χ4v) is 1.63. The third-order valence-corrected chi connectivity index (χ3v) is 1.78. The molecule has 0 heterocycles. The molecule has 0 rings (SSSR count). The minimum atomic E-state index is -0.143. The van der Waals surface area contributed by atoms with Gasteiger partial charge in [-0.1, -0.05) is 13.8 Å². The van der Waals surface area contributed by atoms with E-state index in [1.54, 1.807) is 0 Å². The van der Waals surface area contributed by atoms with Crippen molar-refractivity contribution in [3.63, 3.8) is 0 Å². The maximum absolute atomic E-state index is 11.5. The van der Waals surface area contributed by atoms with Gasteiger partial charge in [0.25, 0.3) is 0 Å². The second kappa shape index (κ2) is 5.35. The van der Waals surface area contributed by atoms with E-state index in [0.29, 0.717) is 12.3 Å². The van der Waals surface area contributed by atoms with Crippen molar-refractivity contribution in [3.05, 3.63) is 0 Å². The molecule has 1 N–H and O–H groups in total. The molecule has 0 saturated heterocycles. The Morgan fingerprint density at radius 2 is 1.86 bits per heavy atom. The van der Waals surface area contributed by atoms with Gasteiger partial charge in [0.05, 0.1) is 0 Å². The first-order valence-electron chi connectivity index (χ1n) is 5.18. The van der Waals surface area contributed by atoms with Gasteiger partial charge < -0.3 is 10.2 Å². The highest BCUT2D eigenvalue weighted by Gasteiger charge is 2.21. The minimum absolute atomic E-state index is 0.143. The summed E-state index contributed by atoms with van der Waals surface area (Å²) in [6.45, 7) is 9.06. The van der Waals surface area contributed by atoms with Crippen LogP contribution < -0.4 is 5.32 Å². The number of likely N-dealkylation sites (N-methyl/N-ethyl adjacent to an activating group) is 1. The van der Waals surface area contributed by atoms with E-state index in [1.165, 1.54) is 0 Å². The summed E-state index contributed by atoms with van der Waals surface area (Å²) in [4.78, 5) is 13.6. The van der Waals surface area contributed by atoms with Gasteiger partial charge in [-0.2, -0.15) is 0 Å². The molecule has 0 aromatic rings. The van der Waals surface area contributed by atoms with Crippen LogP contribution in [0.1, 0.15) is 34.1 Å². The molecule has 0 aliphatic rings. The van der Waals surface area contributed by atoms with Crippen molar-refractivity contribution in [2.75, 3.05) is 20.6 Å². The number of nitrogens with zero attached hydrogens (tertiary/aromatic N) is 1. The molecule has 0 unspecified atom stereocenters.